The van der Waals surface area contributed by atoms with Gasteiger partial charge in [0.25, 0.3) is 0 Å². The Morgan fingerprint density at radius 2 is 1.95 bits per heavy atom. The maximum Gasteiger partial charge on any atom is 0.335 e. The number of aliphatic hydroxyl groups is 1. The molecule has 0 amide bonds. The Labute approximate surface area is 118 Å². The van der Waals surface area contributed by atoms with Crippen molar-refractivity contribution in [3.05, 3.63) is 29.3 Å². The van der Waals surface area contributed by atoms with E-state index in [-0.39, 0.29) is 23.0 Å². The average Bonchev–Trinajstić information content (AvgIpc) is 2.35. The number of hydrogen-bond donors (Lipinski definition) is 3. The fraction of sp³-hybridized carbons (Fsp3) is 0.462. The van der Waals surface area contributed by atoms with Crippen LogP contribution in [0, 0.1) is 12.8 Å². The van der Waals surface area contributed by atoms with Crippen molar-refractivity contribution in [2.75, 3.05) is 6.61 Å². The van der Waals surface area contributed by atoms with Crippen molar-refractivity contribution in [2.45, 2.75) is 31.7 Å². The summed E-state index contributed by atoms with van der Waals surface area (Å²) < 4.78 is 26.7. The fourth-order valence-electron chi connectivity index (χ4n) is 1.65. The molecule has 1 aromatic carbocycles. The molecule has 20 heavy (non-hydrogen) atoms. The molecule has 0 saturated heterocycles. The predicted octanol–water partition coefficient (Wildman–Crippen LogP) is 0.988. The minimum atomic E-state index is -3.86. The summed E-state index contributed by atoms with van der Waals surface area (Å²) in [5.74, 6) is -1.26. The Bertz CT molecular complexity index is 595. The molecule has 3 N–H and O–H groups in total. The van der Waals surface area contributed by atoms with Crippen molar-refractivity contribution in [1.29, 1.82) is 0 Å². The van der Waals surface area contributed by atoms with Crippen LogP contribution in [-0.4, -0.2) is 37.2 Å². The number of hydrogen-bond acceptors (Lipinski definition) is 4. The molecule has 0 aliphatic rings. The van der Waals surface area contributed by atoms with Crippen LogP contribution < -0.4 is 4.72 Å². The van der Waals surface area contributed by atoms with Crippen LogP contribution >= 0.6 is 0 Å². The van der Waals surface area contributed by atoms with Gasteiger partial charge in [-0.3, -0.25) is 0 Å². The maximum atomic E-state index is 12.2. The van der Waals surface area contributed by atoms with Crippen molar-refractivity contribution >= 4 is 16.0 Å². The summed E-state index contributed by atoms with van der Waals surface area (Å²) in [6.07, 6.45) is 0. The van der Waals surface area contributed by atoms with Crippen molar-refractivity contribution in [2.24, 2.45) is 5.92 Å². The SMILES string of the molecule is Cc1ccc(S(=O)(=O)NC(CO)C(C)C)cc1C(=O)O. The largest absolute Gasteiger partial charge is 0.478 e. The van der Waals surface area contributed by atoms with E-state index >= 15 is 0 Å². The van der Waals surface area contributed by atoms with E-state index in [2.05, 4.69) is 4.72 Å². The normalized spacial score (nSPS) is 13.4. The summed E-state index contributed by atoms with van der Waals surface area (Å²) in [5, 5.41) is 18.2. The zero-order valence-corrected chi connectivity index (χ0v) is 12.4. The van der Waals surface area contributed by atoms with Gasteiger partial charge in [0.1, 0.15) is 0 Å². The van der Waals surface area contributed by atoms with E-state index < -0.39 is 22.0 Å². The lowest BCUT2D eigenvalue weighted by Gasteiger charge is -2.20. The first-order valence-electron chi connectivity index (χ1n) is 6.16. The van der Waals surface area contributed by atoms with Gasteiger partial charge in [0.15, 0.2) is 0 Å². The third-order valence-corrected chi connectivity index (χ3v) is 4.55. The Hall–Kier alpha value is -1.44. The van der Waals surface area contributed by atoms with Crippen molar-refractivity contribution in [3.63, 3.8) is 0 Å². The van der Waals surface area contributed by atoms with Gasteiger partial charge >= 0.3 is 5.97 Å². The Kier molecular flexibility index (Phi) is 5.27. The van der Waals surface area contributed by atoms with Crippen LogP contribution in [0.5, 0.6) is 0 Å². The molecule has 1 unspecified atom stereocenters. The van der Waals surface area contributed by atoms with E-state index in [1.54, 1.807) is 20.8 Å². The molecule has 7 heteroatoms. The second kappa shape index (κ2) is 6.34. The van der Waals surface area contributed by atoms with Gasteiger partial charge < -0.3 is 10.2 Å². The first-order valence-corrected chi connectivity index (χ1v) is 7.64. The predicted molar refractivity (Wildman–Crippen MR) is 74.2 cm³/mol. The number of aryl methyl sites for hydroxylation is 1. The number of carboxylic acids is 1. The van der Waals surface area contributed by atoms with Crippen LogP contribution in [0.25, 0.3) is 0 Å². The first-order chi connectivity index (χ1) is 9.19. The minimum Gasteiger partial charge on any atom is -0.478 e. The number of nitrogens with one attached hydrogen (secondary N) is 1. The monoisotopic (exact) mass is 301 g/mol. The van der Waals surface area contributed by atoms with Gasteiger partial charge in [-0.05, 0) is 30.5 Å². The van der Waals surface area contributed by atoms with E-state index in [1.807, 2.05) is 0 Å². The van der Waals surface area contributed by atoms with Crippen LogP contribution in [0.2, 0.25) is 0 Å². The van der Waals surface area contributed by atoms with Crippen LogP contribution in [0.3, 0.4) is 0 Å². The number of aliphatic hydroxyl groups excluding tert-OH is 1. The summed E-state index contributed by atoms with van der Waals surface area (Å²) in [4.78, 5) is 10.9. The van der Waals surface area contributed by atoms with E-state index in [0.29, 0.717) is 5.56 Å². The third-order valence-electron chi connectivity index (χ3n) is 3.06. The zero-order chi connectivity index (χ0) is 15.5. The van der Waals surface area contributed by atoms with Crippen LogP contribution in [0.15, 0.2) is 23.1 Å². The molecule has 0 bridgehead atoms. The maximum absolute atomic E-state index is 12.2. The Balaban J connectivity index is 3.16. The summed E-state index contributed by atoms with van der Waals surface area (Å²) in [6, 6.07) is 3.30. The standard InChI is InChI=1S/C13H19NO5S/c1-8(2)12(7-15)14-20(18,19)10-5-4-9(3)11(6-10)13(16)17/h4-6,8,12,14-15H,7H2,1-3H3,(H,16,17). The molecule has 1 aromatic rings. The lowest BCUT2D eigenvalue weighted by molar-refractivity contribution is 0.0696. The van der Waals surface area contributed by atoms with Crippen LogP contribution in [-0.2, 0) is 10.0 Å². The van der Waals surface area contributed by atoms with E-state index in [4.69, 9.17) is 5.11 Å². The number of aromatic carboxylic acids is 1. The highest BCUT2D eigenvalue weighted by atomic mass is 32.2. The lowest BCUT2D eigenvalue weighted by atomic mass is 10.1. The molecular weight excluding hydrogens is 282 g/mol. The molecular formula is C13H19NO5S. The molecule has 1 atom stereocenters. The van der Waals surface area contributed by atoms with Gasteiger partial charge in [-0.15, -0.1) is 0 Å². The fourth-order valence-corrected chi connectivity index (χ4v) is 3.05. The lowest BCUT2D eigenvalue weighted by Crippen LogP contribution is -2.41. The van der Waals surface area contributed by atoms with Crippen LogP contribution in [0.4, 0.5) is 0 Å². The van der Waals surface area contributed by atoms with E-state index in [1.165, 1.54) is 12.1 Å². The molecule has 0 saturated carbocycles. The smallest absolute Gasteiger partial charge is 0.335 e. The van der Waals surface area contributed by atoms with Crippen LogP contribution in [0.1, 0.15) is 29.8 Å². The zero-order valence-electron chi connectivity index (χ0n) is 11.6. The van der Waals surface area contributed by atoms with Crippen molar-refractivity contribution < 1.29 is 23.4 Å². The number of rotatable bonds is 6. The average molecular weight is 301 g/mol. The number of carbonyl (C=O) groups is 1. The topological polar surface area (TPSA) is 104 Å². The molecule has 112 valence electrons. The molecule has 0 heterocycles. The molecule has 1 rings (SSSR count). The van der Waals surface area contributed by atoms with Gasteiger partial charge in [-0.25, -0.2) is 17.9 Å². The molecule has 0 aliphatic carbocycles. The van der Waals surface area contributed by atoms with Gasteiger partial charge in [0, 0.05) is 6.04 Å². The summed E-state index contributed by atoms with van der Waals surface area (Å²) in [6.45, 7) is 4.83. The summed E-state index contributed by atoms with van der Waals surface area (Å²) in [5.41, 5.74) is 0.428. The minimum absolute atomic E-state index is 0.0574. The quantitative estimate of drug-likeness (QED) is 0.727. The highest BCUT2D eigenvalue weighted by molar-refractivity contribution is 7.89. The third kappa shape index (κ3) is 3.78. The Morgan fingerprint density at radius 1 is 1.35 bits per heavy atom. The number of carboxylic acid groups (broad SMARTS) is 1. The summed E-state index contributed by atoms with van der Waals surface area (Å²) >= 11 is 0. The van der Waals surface area contributed by atoms with Gasteiger partial charge in [0.05, 0.1) is 17.1 Å². The van der Waals surface area contributed by atoms with Gasteiger partial charge in [-0.2, -0.15) is 0 Å². The van der Waals surface area contributed by atoms with E-state index in [9.17, 15) is 18.3 Å². The van der Waals surface area contributed by atoms with Gasteiger partial charge in [-0.1, -0.05) is 19.9 Å². The Morgan fingerprint density at radius 3 is 2.40 bits per heavy atom. The van der Waals surface area contributed by atoms with Gasteiger partial charge in [0.2, 0.25) is 10.0 Å². The molecule has 6 nitrogen and oxygen atoms in total. The molecule has 0 aliphatic heterocycles. The highest BCUT2D eigenvalue weighted by Crippen LogP contribution is 2.17. The van der Waals surface area contributed by atoms with Crippen molar-refractivity contribution in [3.8, 4) is 0 Å². The molecule has 0 spiro atoms. The van der Waals surface area contributed by atoms with E-state index in [0.717, 1.165) is 6.07 Å². The highest BCUT2D eigenvalue weighted by Gasteiger charge is 2.23. The number of sulfonamides is 1. The second-order valence-electron chi connectivity index (χ2n) is 4.94. The molecule has 0 aromatic heterocycles. The second-order valence-corrected chi connectivity index (χ2v) is 6.65. The molecule has 0 fully saturated rings. The first kappa shape index (κ1) is 16.6. The van der Waals surface area contributed by atoms with Crippen molar-refractivity contribution in [1.82, 2.24) is 4.72 Å². The summed E-state index contributed by atoms with van der Waals surface area (Å²) in [7, 11) is -3.86. The number of benzene rings is 1. The molecule has 0 radical (unpaired) electrons.